The van der Waals surface area contributed by atoms with Crippen LogP contribution in [0, 0.1) is 0 Å². The summed E-state index contributed by atoms with van der Waals surface area (Å²) in [5, 5.41) is 6.81. The van der Waals surface area contributed by atoms with Crippen LogP contribution in [0.5, 0.6) is 0 Å². The molecule has 1 aromatic heterocycles. The molecule has 0 bridgehead atoms. The summed E-state index contributed by atoms with van der Waals surface area (Å²) in [7, 11) is -0.170. The Labute approximate surface area is 117 Å². The molecule has 6 heteroatoms. The molecule has 0 aliphatic heterocycles. The number of hydrogen-bond acceptors (Lipinski definition) is 4. The number of anilines is 1. The molecule has 0 saturated carbocycles. The molecule has 1 heterocycles. The molecule has 1 N–H and O–H groups in total. The molecule has 4 nitrogen and oxygen atoms in total. The lowest BCUT2D eigenvalue weighted by atomic mass is 10.3. The predicted octanol–water partition coefficient (Wildman–Crippen LogP) is 2.61. The number of hydrogen-bond donors (Lipinski definition) is 1. The van der Waals surface area contributed by atoms with Gasteiger partial charge < -0.3 is 5.32 Å². The Morgan fingerprint density at radius 3 is 2.63 bits per heavy atom. The third kappa shape index (κ3) is 2.97. The van der Waals surface area contributed by atoms with Crippen LogP contribution in [0.2, 0.25) is 0 Å². The fraction of sp³-hybridized carbons (Fsp3) is 0.231. The van der Waals surface area contributed by atoms with Crippen LogP contribution in [0.4, 0.5) is 5.69 Å². The fourth-order valence-corrected chi connectivity index (χ4v) is 3.80. The third-order valence-electron chi connectivity index (χ3n) is 2.83. The molecule has 0 aliphatic rings. The van der Waals surface area contributed by atoms with Crippen LogP contribution >= 0.6 is 11.3 Å². The number of thiophene rings is 1. The molecular formula is C13H16N2O2S2. The first kappa shape index (κ1) is 14.0. The van der Waals surface area contributed by atoms with Crippen molar-refractivity contribution in [3.63, 3.8) is 0 Å². The Kier molecular flexibility index (Phi) is 4.24. The Balaban J connectivity index is 2.31. The van der Waals surface area contributed by atoms with Gasteiger partial charge in [-0.1, -0.05) is 12.1 Å². The van der Waals surface area contributed by atoms with Crippen LogP contribution in [0.3, 0.4) is 0 Å². The highest BCUT2D eigenvalue weighted by Gasteiger charge is 2.23. The second-order valence-electron chi connectivity index (χ2n) is 4.14. The van der Waals surface area contributed by atoms with Crippen molar-refractivity contribution in [3.8, 4) is 0 Å². The highest BCUT2D eigenvalue weighted by molar-refractivity contribution is 7.89. The lowest BCUT2D eigenvalue weighted by molar-refractivity contribution is 0.467. The molecular weight excluding hydrogens is 280 g/mol. The maximum absolute atomic E-state index is 12.5. The van der Waals surface area contributed by atoms with Gasteiger partial charge in [0.2, 0.25) is 10.0 Å². The van der Waals surface area contributed by atoms with Crippen LogP contribution in [0.1, 0.15) is 5.56 Å². The Morgan fingerprint density at radius 2 is 2.00 bits per heavy atom. The number of para-hydroxylation sites is 1. The topological polar surface area (TPSA) is 49.4 Å². The summed E-state index contributed by atoms with van der Waals surface area (Å²) in [6.45, 7) is 0.379. The zero-order valence-electron chi connectivity index (χ0n) is 10.8. The van der Waals surface area contributed by atoms with Crippen LogP contribution in [-0.2, 0) is 16.6 Å². The highest BCUT2D eigenvalue weighted by atomic mass is 32.2. The van der Waals surface area contributed by atoms with Crippen molar-refractivity contribution in [2.75, 3.05) is 19.4 Å². The van der Waals surface area contributed by atoms with E-state index in [-0.39, 0.29) is 0 Å². The molecule has 2 aromatic rings. The molecule has 1 aromatic carbocycles. The molecule has 19 heavy (non-hydrogen) atoms. The Bertz CT molecular complexity index is 636. The monoisotopic (exact) mass is 296 g/mol. The minimum absolute atomic E-state index is 0.301. The quantitative estimate of drug-likeness (QED) is 0.922. The fourth-order valence-electron chi connectivity index (χ4n) is 1.79. The molecule has 2 rings (SSSR count). The minimum atomic E-state index is -3.48. The summed E-state index contributed by atoms with van der Waals surface area (Å²) in [4.78, 5) is 0.301. The number of nitrogens with zero attached hydrogens (tertiary/aromatic N) is 1. The first-order chi connectivity index (χ1) is 9.05. The second-order valence-corrected chi connectivity index (χ2v) is 6.93. The van der Waals surface area contributed by atoms with Crippen molar-refractivity contribution < 1.29 is 8.42 Å². The standard InChI is InChI=1S/C13H16N2O2S2/c1-14-12-5-3-4-6-13(12)19(16,17)15(2)9-11-7-8-18-10-11/h3-8,10,14H,9H2,1-2H3. The van der Waals surface area contributed by atoms with Crippen molar-refractivity contribution in [1.82, 2.24) is 4.31 Å². The smallest absolute Gasteiger partial charge is 0.245 e. The average Bonchev–Trinajstić information content (AvgIpc) is 2.91. The summed E-state index contributed by atoms with van der Waals surface area (Å²) in [5.74, 6) is 0. The lowest BCUT2D eigenvalue weighted by Gasteiger charge is -2.18. The number of nitrogens with one attached hydrogen (secondary N) is 1. The van der Waals surface area contributed by atoms with Gasteiger partial charge in [0.1, 0.15) is 4.90 Å². The van der Waals surface area contributed by atoms with Gasteiger partial charge in [-0.2, -0.15) is 15.6 Å². The number of sulfonamides is 1. The molecule has 0 amide bonds. The van der Waals surface area contributed by atoms with E-state index in [0.29, 0.717) is 17.1 Å². The van der Waals surface area contributed by atoms with Crippen LogP contribution in [-0.4, -0.2) is 26.8 Å². The van der Waals surface area contributed by atoms with E-state index in [4.69, 9.17) is 0 Å². The van der Waals surface area contributed by atoms with Gasteiger partial charge in [-0.15, -0.1) is 0 Å². The Hall–Kier alpha value is -1.37. The highest BCUT2D eigenvalue weighted by Crippen LogP contribution is 2.24. The van der Waals surface area contributed by atoms with E-state index in [1.807, 2.05) is 22.9 Å². The summed E-state index contributed by atoms with van der Waals surface area (Å²) in [6.07, 6.45) is 0. The first-order valence-electron chi connectivity index (χ1n) is 5.80. The van der Waals surface area contributed by atoms with E-state index < -0.39 is 10.0 Å². The molecule has 0 unspecified atom stereocenters. The van der Waals surface area contributed by atoms with Gasteiger partial charge >= 0.3 is 0 Å². The lowest BCUT2D eigenvalue weighted by Crippen LogP contribution is -2.26. The van der Waals surface area contributed by atoms with Gasteiger partial charge in [-0.05, 0) is 34.5 Å². The summed E-state index contributed by atoms with van der Waals surface area (Å²) in [5.41, 5.74) is 1.61. The first-order valence-corrected chi connectivity index (χ1v) is 8.18. The third-order valence-corrected chi connectivity index (χ3v) is 5.42. The largest absolute Gasteiger partial charge is 0.387 e. The van der Waals surface area contributed by atoms with Gasteiger partial charge in [0.05, 0.1) is 5.69 Å². The summed E-state index contributed by atoms with van der Waals surface area (Å²) >= 11 is 1.56. The Morgan fingerprint density at radius 1 is 1.26 bits per heavy atom. The van der Waals surface area contributed by atoms with Gasteiger partial charge in [0.25, 0.3) is 0 Å². The summed E-state index contributed by atoms with van der Waals surface area (Å²) < 4.78 is 26.4. The van der Waals surface area contributed by atoms with Crippen LogP contribution in [0.15, 0.2) is 46.0 Å². The van der Waals surface area contributed by atoms with Crippen molar-refractivity contribution >= 4 is 27.0 Å². The van der Waals surface area contributed by atoms with Crippen molar-refractivity contribution in [1.29, 1.82) is 0 Å². The van der Waals surface area contributed by atoms with Crippen LogP contribution in [0.25, 0.3) is 0 Å². The van der Waals surface area contributed by atoms with E-state index in [1.54, 1.807) is 43.6 Å². The van der Waals surface area contributed by atoms with E-state index in [9.17, 15) is 8.42 Å². The van der Waals surface area contributed by atoms with E-state index >= 15 is 0 Å². The molecule has 0 fully saturated rings. The van der Waals surface area contributed by atoms with Gasteiger partial charge in [0, 0.05) is 20.6 Å². The zero-order chi connectivity index (χ0) is 13.9. The second kappa shape index (κ2) is 5.73. The minimum Gasteiger partial charge on any atom is -0.387 e. The van der Waals surface area contributed by atoms with Crippen molar-refractivity contribution in [2.24, 2.45) is 0 Å². The normalized spacial score (nSPS) is 11.7. The maximum atomic E-state index is 12.5. The molecule has 0 aliphatic carbocycles. The van der Waals surface area contributed by atoms with Gasteiger partial charge in [-0.3, -0.25) is 0 Å². The maximum Gasteiger partial charge on any atom is 0.245 e. The molecule has 0 atom stereocenters. The molecule has 102 valence electrons. The number of benzene rings is 1. The zero-order valence-corrected chi connectivity index (χ0v) is 12.5. The summed E-state index contributed by atoms with van der Waals surface area (Å²) in [6, 6.07) is 8.84. The SMILES string of the molecule is CNc1ccccc1S(=O)(=O)N(C)Cc1ccsc1. The molecule has 0 saturated heterocycles. The van der Waals surface area contributed by atoms with Crippen molar-refractivity contribution in [3.05, 3.63) is 46.7 Å². The molecule has 0 spiro atoms. The van der Waals surface area contributed by atoms with Gasteiger partial charge in [-0.25, -0.2) is 8.42 Å². The van der Waals surface area contributed by atoms with Gasteiger partial charge in [0.15, 0.2) is 0 Å². The molecule has 0 radical (unpaired) electrons. The predicted molar refractivity (Wildman–Crippen MR) is 79.0 cm³/mol. The van der Waals surface area contributed by atoms with Crippen molar-refractivity contribution in [2.45, 2.75) is 11.4 Å². The van der Waals surface area contributed by atoms with Crippen LogP contribution < -0.4 is 5.32 Å². The number of rotatable bonds is 5. The average molecular weight is 296 g/mol. The van der Waals surface area contributed by atoms with E-state index in [0.717, 1.165) is 5.56 Å². The van der Waals surface area contributed by atoms with E-state index in [1.165, 1.54) is 4.31 Å². The van der Waals surface area contributed by atoms with E-state index in [2.05, 4.69) is 5.32 Å².